The number of pyridine rings is 1. The van der Waals surface area contributed by atoms with Crippen molar-refractivity contribution in [2.24, 2.45) is 4.36 Å². The fraction of sp³-hybridized carbons (Fsp3) is 0.455. The topological polar surface area (TPSA) is 117 Å². The second-order valence-electron chi connectivity index (χ2n) is 12.4. The molecule has 243 valence electrons. The molecule has 1 N–H and O–H groups in total. The molecular weight excluding hydrogens is 644 g/mol. The van der Waals surface area contributed by atoms with Gasteiger partial charge in [-0.05, 0) is 48.2 Å². The van der Waals surface area contributed by atoms with Gasteiger partial charge >= 0.3 is 6.01 Å². The Balaban J connectivity index is 1.15. The molecule has 3 aliphatic rings. The first kappa shape index (κ1) is 31.7. The largest absolute Gasteiger partial charge is 0.456 e. The van der Waals surface area contributed by atoms with Crippen molar-refractivity contribution in [2.75, 3.05) is 31.3 Å². The number of halogens is 1. The van der Waals surface area contributed by atoms with Crippen molar-refractivity contribution < 1.29 is 28.3 Å². The average Bonchev–Trinajstić information content (AvgIpc) is 3.82. The minimum absolute atomic E-state index is 0.218. The van der Waals surface area contributed by atoms with Gasteiger partial charge in [-0.25, -0.2) is 9.19 Å². The number of hydrogen-bond donors (Lipinski definition) is 1. The molecule has 4 atom stereocenters. The lowest BCUT2D eigenvalue weighted by atomic mass is 10.0. The van der Waals surface area contributed by atoms with Crippen LogP contribution in [0.5, 0.6) is 6.01 Å². The first-order valence-corrected chi connectivity index (χ1v) is 20.6. The SMILES string of the molecule is C[Si](C)CCOCn1c(O[C@@H]2CO[C@H]3[C@@H]2OC[C@H]3O)nc2cc(Cl)c(-c3ccc(-c4ccc(N=S5(=O)CCCC5)cc4)cc3)nc21. The number of hydrogen-bond acceptors (Lipinski definition) is 9. The van der Waals surface area contributed by atoms with Crippen molar-refractivity contribution in [2.45, 2.75) is 63.1 Å². The van der Waals surface area contributed by atoms with Gasteiger partial charge in [-0.2, -0.15) is 9.35 Å². The zero-order valence-corrected chi connectivity index (χ0v) is 28.5. The third kappa shape index (κ3) is 6.62. The third-order valence-corrected chi connectivity index (χ3v) is 12.5. The van der Waals surface area contributed by atoms with Crippen molar-refractivity contribution in [3.05, 3.63) is 59.6 Å². The Morgan fingerprint density at radius 1 is 1.00 bits per heavy atom. The summed E-state index contributed by atoms with van der Waals surface area (Å²) < 4.78 is 43.1. The molecule has 2 aromatic heterocycles. The maximum absolute atomic E-state index is 12.8. The lowest BCUT2D eigenvalue weighted by Gasteiger charge is -2.18. The Labute approximate surface area is 275 Å². The highest BCUT2D eigenvalue weighted by Crippen LogP contribution is 2.35. The van der Waals surface area contributed by atoms with Gasteiger partial charge in [0, 0.05) is 32.5 Å². The predicted octanol–water partition coefficient (Wildman–Crippen LogP) is 5.95. The van der Waals surface area contributed by atoms with Crippen LogP contribution in [0.15, 0.2) is 59.0 Å². The molecule has 1 radical (unpaired) electrons. The summed E-state index contributed by atoms with van der Waals surface area (Å²) in [7, 11) is -2.53. The quantitative estimate of drug-likeness (QED) is 0.161. The van der Waals surface area contributed by atoms with Crippen molar-refractivity contribution >= 4 is 47.0 Å². The van der Waals surface area contributed by atoms with Gasteiger partial charge in [-0.1, -0.05) is 61.1 Å². The number of aliphatic hydroxyl groups is 1. The molecule has 0 aliphatic carbocycles. The number of aromatic nitrogens is 3. The van der Waals surface area contributed by atoms with Gasteiger partial charge in [-0.3, -0.25) is 4.57 Å². The van der Waals surface area contributed by atoms with E-state index in [0.29, 0.717) is 46.0 Å². The lowest BCUT2D eigenvalue weighted by molar-refractivity contribution is 0.00337. The minimum Gasteiger partial charge on any atom is -0.456 e. The van der Waals surface area contributed by atoms with Crippen molar-refractivity contribution in [1.82, 2.24) is 14.5 Å². The molecular formula is C33H38ClN4O6SSi. The first-order valence-electron chi connectivity index (χ1n) is 15.7. The highest BCUT2D eigenvalue weighted by molar-refractivity contribution is 7.93. The van der Waals surface area contributed by atoms with E-state index < -0.39 is 36.8 Å². The molecule has 5 heterocycles. The number of benzene rings is 2. The Kier molecular flexibility index (Phi) is 9.21. The molecule has 10 nitrogen and oxygen atoms in total. The molecule has 4 aromatic rings. The van der Waals surface area contributed by atoms with Crippen molar-refractivity contribution in [3.8, 4) is 28.4 Å². The second-order valence-corrected chi connectivity index (χ2v) is 18.3. The maximum atomic E-state index is 12.8. The number of nitrogens with zero attached hydrogens (tertiary/aromatic N) is 4. The van der Waals surface area contributed by atoms with Crippen molar-refractivity contribution in [1.29, 1.82) is 0 Å². The van der Waals surface area contributed by atoms with E-state index >= 15 is 0 Å². The van der Waals surface area contributed by atoms with E-state index in [1.165, 1.54) is 0 Å². The molecule has 0 spiro atoms. The van der Waals surface area contributed by atoms with Crippen LogP contribution in [-0.4, -0.2) is 88.4 Å². The predicted molar refractivity (Wildman–Crippen MR) is 181 cm³/mol. The van der Waals surface area contributed by atoms with Gasteiger partial charge in [0.15, 0.2) is 11.8 Å². The highest BCUT2D eigenvalue weighted by atomic mass is 35.5. The van der Waals surface area contributed by atoms with E-state index in [9.17, 15) is 9.32 Å². The van der Waals surface area contributed by atoms with E-state index in [4.69, 9.17) is 40.5 Å². The normalized spacial score (nSPS) is 23.8. The molecule has 0 amide bonds. The zero-order valence-electron chi connectivity index (χ0n) is 25.9. The second kappa shape index (κ2) is 13.3. The molecule has 0 saturated carbocycles. The van der Waals surface area contributed by atoms with Crippen LogP contribution in [0.25, 0.3) is 33.5 Å². The monoisotopic (exact) mass is 681 g/mol. The number of aliphatic hydroxyl groups excluding tert-OH is 1. The summed E-state index contributed by atoms with van der Waals surface area (Å²) in [6.45, 7) is 5.87. The van der Waals surface area contributed by atoms with Gasteiger partial charge in [0.1, 0.15) is 30.6 Å². The molecule has 46 heavy (non-hydrogen) atoms. The minimum atomic E-state index is -2.10. The summed E-state index contributed by atoms with van der Waals surface area (Å²) in [5, 5.41) is 10.6. The van der Waals surface area contributed by atoms with E-state index in [2.05, 4.69) is 17.5 Å². The van der Waals surface area contributed by atoms with Gasteiger partial charge in [0.25, 0.3) is 0 Å². The smallest absolute Gasteiger partial charge is 0.301 e. The summed E-state index contributed by atoms with van der Waals surface area (Å²) in [5.74, 6) is 1.38. The lowest BCUT2D eigenvalue weighted by Crippen LogP contribution is -2.35. The summed E-state index contributed by atoms with van der Waals surface area (Å²) in [6.07, 6.45) is 0.100. The van der Waals surface area contributed by atoms with Crippen LogP contribution in [0.2, 0.25) is 24.2 Å². The number of imidazole rings is 1. The number of ether oxygens (including phenoxy) is 4. The van der Waals surface area contributed by atoms with E-state index in [1.54, 1.807) is 6.07 Å². The Morgan fingerprint density at radius 2 is 1.67 bits per heavy atom. The molecule has 0 bridgehead atoms. The first-order chi connectivity index (χ1) is 22.3. The molecule has 3 aliphatic heterocycles. The summed E-state index contributed by atoms with van der Waals surface area (Å²) in [5.41, 5.74) is 5.52. The molecule has 7 rings (SSSR count). The fourth-order valence-corrected chi connectivity index (χ4v) is 9.11. The fourth-order valence-electron chi connectivity index (χ4n) is 6.10. The summed E-state index contributed by atoms with van der Waals surface area (Å²) in [6, 6.07) is 19.1. The van der Waals surface area contributed by atoms with Gasteiger partial charge in [0.2, 0.25) is 0 Å². The van der Waals surface area contributed by atoms with Crippen LogP contribution in [0, 0.1) is 0 Å². The van der Waals surface area contributed by atoms with Crippen LogP contribution in [0.3, 0.4) is 0 Å². The molecule has 0 unspecified atom stereocenters. The Bertz CT molecular complexity index is 1810. The molecule has 3 saturated heterocycles. The van der Waals surface area contributed by atoms with Crippen molar-refractivity contribution in [3.63, 3.8) is 0 Å². The molecule has 3 fully saturated rings. The van der Waals surface area contributed by atoms with Crippen LogP contribution < -0.4 is 4.74 Å². The van der Waals surface area contributed by atoms with E-state index in [-0.39, 0.29) is 26.0 Å². The van der Waals surface area contributed by atoms with Crippen LogP contribution in [0.1, 0.15) is 12.8 Å². The maximum Gasteiger partial charge on any atom is 0.301 e. The molecule has 13 heteroatoms. The summed E-state index contributed by atoms with van der Waals surface area (Å²) in [4.78, 5) is 9.71. The van der Waals surface area contributed by atoms with Gasteiger partial charge in [0.05, 0.1) is 39.3 Å². The number of fused-ring (bicyclic) bond motifs is 2. The standard InChI is InChI=1S/C33H38ClN4O6SSi/c1-46(2)16-13-41-20-38-32-26(35-33(38)44-28-19-43-30-27(39)18-42-31(28)30)17-25(34)29(36-32)23-7-5-21(6-8-23)22-9-11-24(12-10-22)37-45(40)14-3-4-15-45/h5-12,17,27-28,30-31,39H,3-4,13-16,18-20H2,1-2H3/t27-,28-,30-,31-/m1/s1. The number of rotatable bonds is 10. The molecule has 2 aromatic carbocycles. The zero-order chi connectivity index (χ0) is 31.8. The summed E-state index contributed by atoms with van der Waals surface area (Å²) >= 11 is 6.79. The average molecular weight is 682 g/mol. The van der Waals surface area contributed by atoms with E-state index in [0.717, 1.165) is 41.3 Å². The van der Waals surface area contributed by atoms with Crippen LogP contribution >= 0.6 is 11.6 Å². The van der Waals surface area contributed by atoms with Crippen LogP contribution in [0.4, 0.5) is 5.69 Å². The van der Waals surface area contributed by atoms with Gasteiger partial charge < -0.3 is 24.1 Å². The Morgan fingerprint density at radius 3 is 2.39 bits per heavy atom. The van der Waals surface area contributed by atoms with Gasteiger partial charge in [-0.15, -0.1) is 0 Å². The van der Waals surface area contributed by atoms with Crippen LogP contribution in [-0.2, 0) is 30.7 Å². The third-order valence-electron chi connectivity index (χ3n) is 8.65. The Hall–Kier alpha value is -2.84. The highest BCUT2D eigenvalue weighted by Gasteiger charge is 2.49. The van der Waals surface area contributed by atoms with E-state index in [1.807, 2.05) is 53.1 Å².